The molecule has 1 aliphatic heterocycles. The minimum atomic E-state index is 0.0543. The molecule has 2 N–H and O–H groups in total. The lowest BCUT2D eigenvalue weighted by atomic mass is 10.1. The molecule has 0 unspecified atom stereocenters. The van der Waals surface area contributed by atoms with Gasteiger partial charge in [-0.2, -0.15) is 0 Å². The predicted molar refractivity (Wildman–Crippen MR) is 82.9 cm³/mol. The van der Waals surface area contributed by atoms with E-state index in [1.807, 2.05) is 13.8 Å². The summed E-state index contributed by atoms with van der Waals surface area (Å²) in [5, 5.41) is 6.12. The molecule has 1 saturated heterocycles. The van der Waals surface area contributed by atoms with Gasteiger partial charge in [0.15, 0.2) is 0 Å². The second-order valence-corrected chi connectivity index (χ2v) is 5.65. The number of hydrogen-bond acceptors (Lipinski definition) is 3. The van der Waals surface area contributed by atoms with Crippen molar-refractivity contribution in [2.75, 3.05) is 24.5 Å². The van der Waals surface area contributed by atoms with E-state index in [0.717, 1.165) is 19.6 Å². The van der Waals surface area contributed by atoms with E-state index in [-0.39, 0.29) is 11.9 Å². The van der Waals surface area contributed by atoms with Crippen LogP contribution >= 0.6 is 0 Å². The molecule has 1 fully saturated rings. The quantitative estimate of drug-likeness (QED) is 0.833. The lowest BCUT2D eigenvalue weighted by molar-refractivity contribution is -0.120. The molecular weight excluding hydrogens is 250 g/mol. The zero-order valence-corrected chi connectivity index (χ0v) is 12.5. The highest BCUT2D eigenvalue weighted by molar-refractivity contribution is 5.78. The van der Waals surface area contributed by atoms with Crippen molar-refractivity contribution in [3.63, 3.8) is 0 Å². The van der Waals surface area contributed by atoms with E-state index >= 15 is 0 Å². The molecule has 1 heterocycles. The third-order valence-electron chi connectivity index (χ3n) is 3.49. The molecule has 2 rings (SSSR count). The lowest BCUT2D eigenvalue weighted by Crippen LogP contribution is -2.37. The van der Waals surface area contributed by atoms with Crippen molar-refractivity contribution in [2.45, 2.75) is 39.3 Å². The van der Waals surface area contributed by atoms with E-state index in [1.54, 1.807) is 0 Å². The Bertz CT molecular complexity index is 439. The summed E-state index contributed by atoms with van der Waals surface area (Å²) in [5.41, 5.74) is 2.58. The molecule has 1 aromatic rings. The molecule has 1 aromatic carbocycles. The number of amides is 1. The molecule has 4 nitrogen and oxygen atoms in total. The van der Waals surface area contributed by atoms with Crippen molar-refractivity contribution in [1.82, 2.24) is 10.6 Å². The number of nitrogens with one attached hydrogen (secondary N) is 2. The number of nitrogens with zero attached hydrogens (tertiary/aromatic N) is 1. The SMILES string of the molecule is CC(C)NC(=O)CNCc1ccccc1N1CCCC1. The Morgan fingerprint density at radius 1 is 1.25 bits per heavy atom. The Labute approximate surface area is 121 Å². The Balaban J connectivity index is 1.88. The fourth-order valence-electron chi connectivity index (χ4n) is 2.61. The summed E-state index contributed by atoms with van der Waals surface area (Å²) < 4.78 is 0. The third kappa shape index (κ3) is 4.23. The molecular formula is C16H25N3O. The highest BCUT2D eigenvalue weighted by Crippen LogP contribution is 2.24. The number of anilines is 1. The summed E-state index contributed by atoms with van der Waals surface area (Å²) >= 11 is 0. The van der Waals surface area contributed by atoms with Crippen molar-refractivity contribution in [3.05, 3.63) is 29.8 Å². The standard InChI is InChI=1S/C16H25N3O/c1-13(2)18-16(20)12-17-11-14-7-3-4-8-15(14)19-9-5-6-10-19/h3-4,7-8,13,17H,5-6,9-12H2,1-2H3,(H,18,20). The van der Waals surface area contributed by atoms with Crippen molar-refractivity contribution in [2.24, 2.45) is 0 Å². The zero-order chi connectivity index (χ0) is 14.4. The van der Waals surface area contributed by atoms with Crippen LogP contribution in [-0.2, 0) is 11.3 Å². The van der Waals surface area contributed by atoms with Gasteiger partial charge in [0.2, 0.25) is 5.91 Å². The van der Waals surface area contributed by atoms with Crippen molar-refractivity contribution >= 4 is 11.6 Å². The fraction of sp³-hybridized carbons (Fsp3) is 0.562. The molecule has 0 radical (unpaired) electrons. The van der Waals surface area contributed by atoms with Crippen LogP contribution in [0.25, 0.3) is 0 Å². The van der Waals surface area contributed by atoms with Gasteiger partial charge in [0.1, 0.15) is 0 Å². The molecule has 0 aromatic heterocycles. The number of rotatable bonds is 6. The molecule has 4 heteroatoms. The van der Waals surface area contributed by atoms with Gasteiger partial charge in [-0.25, -0.2) is 0 Å². The van der Waals surface area contributed by atoms with Crippen molar-refractivity contribution in [1.29, 1.82) is 0 Å². The van der Waals surface area contributed by atoms with E-state index in [0.29, 0.717) is 6.54 Å². The Kier molecular flexibility index (Phi) is 5.41. The maximum atomic E-state index is 11.6. The minimum absolute atomic E-state index is 0.0543. The number of para-hydroxylation sites is 1. The van der Waals surface area contributed by atoms with Crippen LogP contribution in [-0.4, -0.2) is 31.6 Å². The van der Waals surface area contributed by atoms with E-state index in [9.17, 15) is 4.79 Å². The number of carbonyl (C=O) groups excluding carboxylic acids is 1. The Morgan fingerprint density at radius 3 is 2.65 bits per heavy atom. The first-order valence-electron chi connectivity index (χ1n) is 7.50. The van der Waals surface area contributed by atoms with Gasteiger partial charge in [-0.3, -0.25) is 4.79 Å². The van der Waals surface area contributed by atoms with Crippen LogP contribution in [0.2, 0.25) is 0 Å². The average Bonchev–Trinajstić information content (AvgIpc) is 2.92. The Morgan fingerprint density at radius 2 is 1.95 bits per heavy atom. The summed E-state index contributed by atoms with van der Waals surface area (Å²) in [6.07, 6.45) is 2.55. The molecule has 0 bridgehead atoms. The van der Waals surface area contributed by atoms with Crippen LogP contribution in [0.15, 0.2) is 24.3 Å². The first kappa shape index (κ1) is 14.9. The van der Waals surface area contributed by atoms with E-state index in [4.69, 9.17) is 0 Å². The van der Waals surface area contributed by atoms with Crippen LogP contribution in [0, 0.1) is 0 Å². The van der Waals surface area contributed by atoms with Crippen molar-refractivity contribution < 1.29 is 4.79 Å². The van der Waals surface area contributed by atoms with Crippen LogP contribution in [0.4, 0.5) is 5.69 Å². The maximum Gasteiger partial charge on any atom is 0.234 e. The largest absolute Gasteiger partial charge is 0.371 e. The molecule has 1 aliphatic rings. The zero-order valence-electron chi connectivity index (χ0n) is 12.5. The Hall–Kier alpha value is -1.55. The van der Waals surface area contributed by atoms with Crippen LogP contribution in [0.5, 0.6) is 0 Å². The highest BCUT2D eigenvalue weighted by atomic mass is 16.1. The molecule has 20 heavy (non-hydrogen) atoms. The van der Waals surface area contributed by atoms with Crippen LogP contribution < -0.4 is 15.5 Å². The van der Waals surface area contributed by atoms with Gasteiger partial charge in [0.25, 0.3) is 0 Å². The van der Waals surface area contributed by atoms with Gasteiger partial charge >= 0.3 is 0 Å². The molecule has 0 saturated carbocycles. The monoisotopic (exact) mass is 275 g/mol. The van der Waals surface area contributed by atoms with Gasteiger partial charge in [-0.1, -0.05) is 18.2 Å². The van der Waals surface area contributed by atoms with Gasteiger partial charge in [-0.05, 0) is 38.3 Å². The summed E-state index contributed by atoms with van der Waals surface area (Å²) in [4.78, 5) is 14.0. The number of benzene rings is 1. The second kappa shape index (κ2) is 7.29. The molecule has 1 amide bonds. The maximum absolute atomic E-state index is 11.6. The van der Waals surface area contributed by atoms with E-state index in [2.05, 4.69) is 39.8 Å². The third-order valence-corrected chi connectivity index (χ3v) is 3.49. The van der Waals surface area contributed by atoms with Crippen molar-refractivity contribution in [3.8, 4) is 0 Å². The molecule has 0 spiro atoms. The van der Waals surface area contributed by atoms with Gasteiger partial charge in [0.05, 0.1) is 6.54 Å². The summed E-state index contributed by atoms with van der Waals surface area (Å²) in [6.45, 7) is 7.33. The predicted octanol–water partition coefficient (Wildman–Crippen LogP) is 1.90. The molecule has 110 valence electrons. The van der Waals surface area contributed by atoms with E-state index < -0.39 is 0 Å². The molecule has 0 atom stereocenters. The average molecular weight is 275 g/mol. The fourth-order valence-corrected chi connectivity index (χ4v) is 2.61. The van der Waals surface area contributed by atoms with Gasteiger partial charge < -0.3 is 15.5 Å². The minimum Gasteiger partial charge on any atom is -0.371 e. The van der Waals surface area contributed by atoms with E-state index in [1.165, 1.54) is 24.1 Å². The summed E-state index contributed by atoms with van der Waals surface area (Å²) in [6, 6.07) is 8.66. The van der Waals surface area contributed by atoms with Gasteiger partial charge in [0, 0.05) is 31.4 Å². The highest BCUT2D eigenvalue weighted by Gasteiger charge is 2.15. The first-order chi connectivity index (χ1) is 9.66. The smallest absolute Gasteiger partial charge is 0.234 e. The van der Waals surface area contributed by atoms with Crippen LogP contribution in [0.3, 0.4) is 0 Å². The summed E-state index contributed by atoms with van der Waals surface area (Å²) in [5.74, 6) is 0.0543. The van der Waals surface area contributed by atoms with Gasteiger partial charge in [-0.15, -0.1) is 0 Å². The van der Waals surface area contributed by atoms with Crippen LogP contribution in [0.1, 0.15) is 32.3 Å². The number of hydrogen-bond donors (Lipinski definition) is 2. The number of carbonyl (C=O) groups is 1. The topological polar surface area (TPSA) is 44.4 Å². The summed E-state index contributed by atoms with van der Waals surface area (Å²) in [7, 11) is 0. The molecule has 0 aliphatic carbocycles. The second-order valence-electron chi connectivity index (χ2n) is 5.65. The first-order valence-corrected chi connectivity index (χ1v) is 7.50. The normalized spacial score (nSPS) is 14.8. The lowest BCUT2D eigenvalue weighted by Gasteiger charge is -2.21.